The average Bonchev–Trinajstić information content (AvgIpc) is 3.85. The van der Waals surface area contributed by atoms with Crippen LogP contribution in [-0.4, -0.2) is 90.1 Å². The summed E-state index contributed by atoms with van der Waals surface area (Å²) >= 11 is 24.7. The van der Waals surface area contributed by atoms with E-state index >= 15 is 0 Å². The highest BCUT2D eigenvalue weighted by Gasteiger charge is 2.41. The topological polar surface area (TPSA) is 155 Å². The van der Waals surface area contributed by atoms with E-state index in [9.17, 15) is 20.1 Å². The number of nitrogens with zero attached hydrogens (tertiary/aromatic N) is 2. The number of carbonyl (C=O) groups excluding carboxylic acids is 1. The Labute approximate surface area is 438 Å². The molecule has 0 radical (unpaired) electrons. The molecule has 0 bridgehead atoms. The van der Waals surface area contributed by atoms with Gasteiger partial charge in [0, 0.05) is 37.3 Å². The molecule has 70 heavy (non-hydrogen) atoms. The van der Waals surface area contributed by atoms with Crippen molar-refractivity contribution in [3.63, 3.8) is 0 Å². The zero-order valence-electron chi connectivity index (χ0n) is 43.2. The number of amides is 1. The van der Waals surface area contributed by atoms with Crippen LogP contribution in [0.25, 0.3) is 0 Å². The minimum absolute atomic E-state index is 0.0836. The molecule has 1 aliphatic rings. The third-order valence-corrected chi connectivity index (χ3v) is 13.4. The minimum atomic E-state index is -0.874. The number of nitrogens with one attached hydrogen (secondary N) is 1. The largest absolute Gasteiger partial charge is 0.478 e. The number of ether oxygens (including phenoxy) is 2. The predicted molar refractivity (Wildman–Crippen MR) is 291 cm³/mol. The number of hydrogen-bond acceptors (Lipinski definition) is 7. The Balaban J connectivity index is 0.000000423. The van der Waals surface area contributed by atoms with Gasteiger partial charge in [-0.05, 0) is 108 Å². The number of benzene rings is 4. The zero-order valence-corrected chi connectivity index (χ0v) is 45.2. The summed E-state index contributed by atoms with van der Waals surface area (Å²) in [6.07, 6.45) is 5.73. The fourth-order valence-corrected chi connectivity index (χ4v) is 8.90. The molecular weight excluding hydrogens is 968 g/mol. The van der Waals surface area contributed by atoms with Gasteiger partial charge >= 0.3 is 6.40 Å². The van der Waals surface area contributed by atoms with Crippen LogP contribution in [0.15, 0.2) is 127 Å². The Morgan fingerprint density at radius 2 is 1.29 bits per heavy atom. The summed E-state index contributed by atoms with van der Waals surface area (Å²) in [5.41, 5.74) is 8.33. The van der Waals surface area contributed by atoms with Gasteiger partial charge in [-0.25, -0.2) is 9.57 Å². The van der Waals surface area contributed by atoms with Gasteiger partial charge in [-0.1, -0.05) is 149 Å². The van der Waals surface area contributed by atoms with E-state index in [4.69, 9.17) is 63.0 Å². The number of aliphatic hydroxyl groups excluding tert-OH is 3. The summed E-state index contributed by atoms with van der Waals surface area (Å²) < 4.78 is 17.3. The standard InChI is InChI=1S/C26H33Cl2NO3.C26H31Cl2NO2.C4H10NO.H2O/c1-5-13-26(4,25(32)29-23(16-30)17(2)3)15-22(19-7-6-8-21(28)14-19)24(31)18-9-11-20(27)12-10-18;1-5-13-26(4,25-29-23(16-31-25)17(2)3)15-22(19-7-6-8-21(28)14-19)24(30)18-9-11-20(27)12-10-18;1-5(2)4-6-3;/h5-12,14,17,22-24,30-31H,1,13,15-16H2,2-4H3,(H,29,32);5-12,14,17,22-24,30H,1,13,15-16H2,2-4H3;4H,1-3H3;1H2/q;;+1;/t2*22-,23-,24+,26+;;/m11../s1/i/hD. The quantitative estimate of drug-likeness (QED) is 0.0282. The normalized spacial score (nSPS) is 16.9. The summed E-state index contributed by atoms with van der Waals surface area (Å²) in [6, 6.07) is 29.2. The van der Waals surface area contributed by atoms with E-state index in [2.05, 4.69) is 44.0 Å². The molecule has 1 amide bonds. The van der Waals surface area contributed by atoms with Crippen LogP contribution in [-0.2, 0) is 14.3 Å². The number of carbonyl (C=O) groups is 1. The first kappa shape index (κ1) is 60.1. The Morgan fingerprint density at radius 1 is 0.814 bits per heavy atom. The highest BCUT2D eigenvalue weighted by atomic mass is 35.5. The molecule has 4 aromatic carbocycles. The maximum Gasteiger partial charge on any atom is 0.322 e. The van der Waals surface area contributed by atoms with Gasteiger partial charge in [-0.2, -0.15) is 0 Å². The van der Waals surface area contributed by atoms with Crippen molar-refractivity contribution in [3.8, 4) is 0 Å². The zero-order chi connectivity index (χ0) is 53.5. The van der Waals surface area contributed by atoms with E-state index in [1.54, 1.807) is 62.1 Å². The van der Waals surface area contributed by atoms with Crippen LogP contribution in [0, 0.1) is 22.7 Å². The van der Waals surface area contributed by atoms with Crippen LogP contribution in [0.2, 0.25) is 20.1 Å². The van der Waals surface area contributed by atoms with Gasteiger partial charge < -0.3 is 35.6 Å². The second kappa shape index (κ2) is 30.0. The summed E-state index contributed by atoms with van der Waals surface area (Å²) in [5, 5.41) is 37.9. The van der Waals surface area contributed by atoms with Gasteiger partial charge in [-0.15, -0.1) is 13.2 Å². The van der Waals surface area contributed by atoms with Crippen molar-refractivity contribution < 1.29 is 41.1 Å². The predicted octanol–water partition coefficient (Wildman–Crippen LogP) is 12.3. The second-order valence-corrected chi connectivity index (χ2v) is 20.9. The van der Waals surface area contributed by atoms with E-state index in [0.717, 1.165) is 22.6 Å². The van der Waals surface area contributed by atoms with Gasteiger partial charge in [0.1, 0.15) is 20.7 Å². The molecule has 1 heterocycles. The number of methoxy groups -OCH3 is 1. The first-order chi connectivity index (χ1) is 33.6. The molecule has 5 rings (SSSR count). The molecule has 0 aromatic heterocycles. The Bertz CT molecular complexity index is 2300. The Kier molecular flexibility index (Phi) is 25.7. The maximum absolute atomic E-state index is 13.4. The van der Waals surface area contributed by atoms with Gasteiger partial charge in [-0.3, -0.25) is 4.79 Å². The number of rotatable bonds is 21. The lowest BCUT2D eigenvalue weighted by atomic mass is 9.72. The molecule has 1 aliphatic heterocycles. The van der Waals surface area contributed by atoms with Crippen molar-refractivity contribution in [3.05, 3.63) is 165 Å². The first-order valence-electron chi connectivity index (χ1n) is 23.8. The van der Waals surface area contributed by atoms with Gasteiger partial charge in [0.15, 0.2) is 5.90 Å². The lowest BCUT2D eigenvalue weighted by Crippen LogP contribution is -2.48. The molecular formula is C56H76Cl4N3O7+. The lowest BCUT2D eigenvalue weighted by molar-refractivity contribution is -0.467. The number of hydrogen-bond donors (Lipinski definition) is 4. The van der Waals surface area contributed by atoms with Crippen LogP contribution in [0.4, 0.5) is 0 Å². The highest BCUT2D eigenvalue weighted by molar-refractivity contribution is 6.31. The van der Waals surface area contributed by atoms with E-state index in [1.165, 1.54) is 0 Å². The summed E-state index contributed by atoms with van der Waals surface area (Å²) in [4.78, 5) is 18.3. The van der Waals surface area contributed by atoms with Crippen LogP contribution in [0.5, 0.6) is 0 Å². The fourth-order valence-electron chi connectivity index (χ4n) is 8.25. The van der Waals surface area contributed by atoms with E-state index in [0.29, 0.717) is 63.9 Å². The average molecular weight is 1050 g/mol. The lowest BCUT2D eigenvalue weighted by Gasteiger charge is -2.35. The maximum atomic E-state index is 13.4. The van der Waals surface area contributed by atoms with Crippen molar-refractivity contribution in [2.75, 3.05) is 34.4 Å². The molecule has 0 spiro atoms. The molecule has 0 saturated heterocycles. The van der Waals surface area contributed by atoms with Gasteiger partial charge in [0.25, 0.3) is 0 Å². The van der Waals surface area contributed by atoms with Crippen molar-refractivity contribution in [1.29, 1.82) is 0 Å². The second-order valence-electron chi connectivity index (χ2n) is 19.2. The van der Waals surface area contributed by atoms with Gasteiger partial charge in [0.2, 0.25) is 7.34 Å². The van der Waals surface area contributed by atoms with E-state index in [1.807, 2.05) is 100 Å². The number of aliphatic hydroxyl groups is 3. The third-order valence-electron chi connectivity index (χ3n) is 12.4. The Morgan fingerprint density at radius 3 is 1.64 bits per heavy atom. The van der Waals surface area contributed by atoms with Crippen LogP contribution >= 0.6 is 46.4 Å². The first-order valence-corrected chi connectivity index (χ1v) is 24.9. The summed E-state index contributed by atoms with van der Waals surface area (Å²) in [5.74, 6) is 0.447. The SMILES string of the molecule is C=CC[C@@](C)(C[C@H](c1cccc(Cl)c1)[C@@H](O)c1ccc(Cl)cc1)C(=O)N[C@H](CO)C(C)C.C=CC[C@@](C)(C[C@H](c1cccc(Cl)c1)[C@@H](O)c1ccc(Cl)cc1)C1=N[C@@H](C(C)C)CO1.COC=[N+](C)C.[2H]O. The minimum Gasteiger partial charge on any atom is -0.478 e. The molecule has 384 valence electrons. The molecule has 0 fully saturated rings. The molecule has 10 nitrogen and oxygen atoms in total. The summed E-state index contributed by atoms with van der Waals surface area (Å²) in [7, 11) is 5.44. The summed E-state index contributed by atoms with van der Waals surface area (Å²) in [6.45, 7) is 20.5. The van der Waals surface area contributed by atoms with Crippen molar-refractivity contribution >= 4 is 64.6 Å². The molecule has 0 aliphatic carbocycles. The van der Waals surface area contributed by atoms with Crippen molar-refractivity contribution in [2.45, 2.75) is 103 Å². The smallest absolute Gasteiger partial charge is 0.322 e. The van der Waals surface area contributed by atoms with E-state index in [-0.39, 0.29) is 36.4 Å². The Hall–Kier alpha value is -4.23. The monoisotopic (exact) mass is 1040 g/mol. The molecule has 0 saturated carbocycles. The van der Waals surface area contributed by atoms with Crippen LogP contribution in [0.1, 0.15) is 115 Å². The van der Waals surface area contributed by atoms with Crippen LogP contribution in [0.3, 0.4) is 0 Å². The fraction of sp³-hybridized carbons (Fsp3) is 0.446. The molecule has 0 unspecified atom stereocenters. The number of aliphatic imine (C=N–C) groups is 1. The van der Waals surface area contributed by atoms with Gasteiger partial charge in [0.05, 0.1) is 43.4 Å². The molecule has 14 heteroatoms. The molecule has 8 atom stereocenters. The van der Waals surface area contributed by atoms with Crippen molar-refractivity contribution in [2.24, 2.45) is 27.7 Å². The van der Waals surface area contributed by atoms with Crippen LogP contribution < -0.4 is 5.32 Å². The van der Waals surface area contributed by atoms with Crippen molar-refractivity contribution in [1.82, 2.24) is 5.32 Å². The number of allylic oxidation sites excluding steroid dienone is 2. The number of halogens is 4. The highest BCUT2D eigenvalue weighted by Crippen LogP contribution is 2.46. The molecule has 6 N–H and O–H groups in total. The van der Waals surface area contributed by atoms with E-state index < -0.39 is 29.0 Å². The third kappa shape index (κ3) is 18.7. The molecule has 4 aromatic rings.